The normalized spacial score (nSPS) is 24.9. The molecular formula is C19H25N3O4S. The maximum atomic E-state index is 12.1. The molecule has 4 unspecified atom stereocenters. The lowest BCUT2D eigenvalue weighted by Gasteiger charge is -2.30. The lowest BCUT2D eigenvalue weighted by Crippen LogP contribution is -2.49. The van der Waals surface area contributed by atoms with E-state index in [-0.39, 0.29) is 25.2 Å². The molecule has 0 saturated carbocycles. The summed E-state index contributed by atoms with van der Waals surface area (Å²) in [5.74, 6) is 0. The number of anilines is 1. The Hall–Kier alpha value is -1.97. The fourth-order valence-electron chi connectivity index (χ4n) is 3.37. The van der Waals surface area contributed by atoms with Gasteiger partial charge in [0.2, 0.25) is 0 Å². The quantitative estimate of drug-likeness (QED) is 0.574. The molecule has 2 aromatic rings. The predicted molar refractivity (Wildman–Crippen MR) is 105 cm³/mol. The van der Waals surface area contributed by atoms with Gasteiger partial charge in [-0.2, -0.15) is 11.3 Å². The van der Waals surface area contributed by atoms with Gasteiger partial charge in [-0.05, 0) is 24.1 Å². The number of aliphatic hydroxyl groups excluding tert-OH is 2. The van der Waals surface area contributed by atoms with E-state index in [4.69, 9.17) is 4.74 Å². The van der Waals surface area contributed by atoms with Crippen molar-refractivity contribution in [1.29, 1.82) is 0 Å². The number of rotatable bonds is 7. The van der Waals surface area contributed by atoms with Gasteiger partial charge in [0, 0.05) is 18.5 Å². The summed E-state index contributed by atoms with van der Waals surface area (Å²) < 4.78 is 5.80. The van der Waals surface area contributed by atoms with Gasteiger partial charge in [-0.1, -0.05) is 30.3 Å². The van der Waals surface area contributed by atoms with Crippen molar-refractivity contribution in [2.24, 2.45) is 0 Å². The Bertz CT molecular complexity index is 713. The highest BCUT2D eigenvalue weighted by atomic mass is 32.1. The molecule has 8 heteroatoms. The highest BCUT2D eigenvalue weighted by molar-refractivity contribution is 7.08. The SMILES string of the molecule is CN(Cc1ccccc1)C1C(CNC(=O)Nc2ccsc2)OC(CO)C1O. The number of urea groups is 1. The van der Waals surface area contributed by atoms with Crippen molar-refractivity contribution in [3.05, 3.63) is 52.7 Å². The van der Waals surface area contributed by atoms with Crippen LogP contribution in [-0.2, 0) is 11.3 Å². The minimum absolute atomic E-state index is 0.229. The minimum atomic E-state index is -0.838. The second kappa shape index (κ2) is 9.29. The van der Waals surface area contributed by atoms with Crippen molar-refractivity contribution in [3.8, 4) is 0 Å². The van der Waals surface area contributed by atoms with Crippen LogP contribution in [0.25, 0.3) is 0 Å². The third-order valence-corrected chi connectivity index (χ3v) is 5.35. The number of nitrogens with zero attached hydrogens (tertiary/aromatic N) is 1. The minimum Gasteiger partial charge on any atom is -0.394 e. The molecule has 146 valence electrons. The van der Waals surface area contributed by atoms with E-state index in [1.54, 1.807) is 0 Å². The van der Waals surface area contributed by atoms with Gasteiger partial charge in [0.15, 0.2) is 0 Å². The third-order valence-electron chi connectivity index (χ3n) is 4.67. The molecule has 2 heterocycles. The summed E-state index contributed by atoms with van der Waals surface area (Å²) in [5.41, 5.74) is 1.84. The maximum Gasteiger partial charge on any atom is 0.319 e. The number of aliphatic hydroxyl groups is 2. The van der Waals surface area contributed by atoms with Crippen molar-refractivity contribution in [2.75, 3.05) is 25.5 Å². The monoisotopic (exact) mass is 391 g/mol. The zero-order chi connectivity index (χ0) is 19.2. The summed E-state index contributed by atoms with van der Waals surface area (Å²) in [4.78, 5) is 14.1. The molecule has 0 spiro atoms. The van der Waals surface area contributed by atoms with Crippen LogP contribution in [0, 0.1) is 0 Å². The van der Waals surface area contributed by atoms with E-state index in [1.807, 2.05) is 59.1 Å². The van der Waals surface area contributed by atoms with Crippen LogP contribution >= 0.6 is 11.3 Å². The van der Waals surface area contributed by atoms with Crippen LogP contribution in [0.1, 0.15) is 5.56 Å². The molecule has 4 atom stereocenters. The molecule has 1 aromatic carbocycles. The second-order valence-electron chi connectivity index (χ2n) is 6.62. The second-order valence-corrected chi connectivity index (χ2v) is 7.40. The van der Waals surface area contributed by atoms with E-state index in [0.29, 0.717) is 6.54 Å². The fourth-order valence-corrected chi connectivity index (χ4v) is 3.96. The Morgan fingerprint density at radius 3 is 2.70 bits per heavy atom. The average Bonchev–Trinajstić information content (AvgIpc) is 3.28. The van der Waals surface area contributed by atoms with E-state index in [0.717, 1.165) is 11.3 Å². The lowest BCUT2D eigenvalue weighted by molar-refractivity contribution is -0.0205. The lowest BCUT2D eigenvalue weighted by atomic mass is 10.0. The number of amides is 2. The average molecular weight is 391 g/mol. The number of benzene rings is 1. The van der Waals surface area contributed by atoms with E-state index in [1.165, 1.54) is 11.3 Å². The fraction of sp³-hybridized carbons (Fsp3) is 0.421. The van der Waals surface area contributed by atoms with E-state index in [2.05, 4.69) is 10.6 Å². The summed E-state index contributed by atoms with van der Waals surface area (Å²) in [6.07, 6.45) is -1.94. The standard InChI is InChI=1S/C19H25N3O4S/c1-22(10-13-5-3-2-4-6-13)17-15(26-16(11-23)18(17)24)9-20-19(25)21-14-7-8-27-12-14/h2-8,12,15-18,23-24H,9-11H2,1H3,(H2,20,21,25). The van der Waals surface area contributed by atoms with Gasteiger partial charge in [-0.15, -0.1) is 0 Å². The summed E-state index contributed by atoms with van der Waals surface area (Å²) >= 11 is 1.50. The molecule has 1 saturated heterocycles. The van der Waals surface area contributed by atoms with Crippen LogP contribution < -0.4 is 10.6 Å². The van der Waals surface area contributed by atoms with Gasteiger partial charge in [-0.3, -0.25) is 4.90 Å². The van der Waals surface area contributed by atoms with Crippen LogP contribution in [-0.4, -0.2) is 65.7 Å². The summed E-state index contributed by atoms with van der Waals surface area (Å²) in [6, 6.07) is 11.1. The van der Waals surface area contributed by atoms with Crippen LogP contribution in [0.15, 0.2) is 47.2 Å². The molecule has 0 aliphatic carbocycles. The van der Waals surface area contributed by atoms with Crippen molar-refractivity contribution < 1.29 is 19.7 Å². The number of likely N-dealkylation sites (N-methyl/N-ethyl adjacent to an activating group) is 1. The van der Waals surface area contributed by atoms with E-state index < -0.39 is 18.3 Å². The van der Waals surface area contributed by atoms with Gasteiger partial charge in [0.25, 0.3) is 0 Å². The Labute approximate surface area is 162 Å². The van der Waals surface area contributed by atoms with Crippen LogP contribution in [0.5, 0.6) is 0 Å². The van der Waals surface area contributed by atoms with Gasteiger partial charge in [0.1, 0.15) is 12.2 Å². The van der Waals surface area contributed by atoms with Crippen LogP contribution in [0.4, 0.5) is 10.5 Å². The summed E-state index contributed by atoms with van der Waals surface area (Å²) in [6.45, 7) is 0.587. The first-order chi connectivity index (χ1) is 13.1. The molecule has 27 heavy (non-hydrogen) atoms. The zero-order valence-corrected chi connectivity index (χ0v) is 15.9. The van der Waals surface area contributed by atoms with E-state index >= 15 is 0 Å². The number of ether oxygens (including phenoxy) is 1. The van der Waals surface area contributed by atoms with Crippen molar-refractivity contribution >= 4 is 23.1 Å². The van der Waals surface area contributed by atoms with Gasteiger partial charge < -0.3 is 25.6 Å². The Morgan fingerprint density at radius 2 is 2.04 bits per heavy atom. The van der Waals surface area contributed by atoms with Gasteiger partial charge >= 0.3 is 6.03 Å². The predicted octanol–water partition coefficient (Wildman–Crippen LogP) is 1.49. The van der Waals surface area contributed by atoms with Crippen LogP contribution in [0.2, 0.25) is 0 Å². The molecule has 2 amide bonds. The smallest absolute Gasteiger partial charge is 0.319 e. The number of hydrogen-bond donors (Lipinski definition) is 4. The largest absolute Gasteiger partial charge is 0.394 e. The molecule has 1 fully saturated rings. The molecule has 7 nitrogen and oxygen atoms in total. The highest BCUT2D eigenvalue weighted by Crippen LogP contribution is 2.26. The zero-order valence-electron chi connectivity index (χ0n) is 15.1. The highest BCUT2D eigenvalue weighted by Gasteiger charge is 2.45. The Morgan fingerprint density at radius 1 is 1.26 bits per heavy atom. The van der Waals surface area contributed by atoms with Crippen LogP contribution in [0.3, 0.4) is 0 Å². The number of carbonyl (C=O) groups excluding carboxylic acids is 1. The molecule has 1 aliphatic heterocycles. The summed E-state index contributed by atoms with van der Waals surface area (Å²) in [5, 5.41) is 29.3. The van der Waals surface area contributed by atoms with Crippen molar-refractivity contribution in [2.45, 2.75) is 30.9 Å². The number of thiophene rings is 1. The van der Waals surface area contributed by atoms with E-state index in [9.17, 15) is 15.0 Å². The molecule has 1 aliphatic rings. The first-order valence-corrected chi connectivity index (χ1v) is 9.78. The number of carbonyl (C=O) groups is 1. The molecule has 0 radical (unpaired) electrons. The van der Waals surface area contributed by atoms with Gasteiger partial charge in [0.05, 0.1) is 24.4 Å². The molecule has 0 bridgehead atoms. The van der Waals surface area contributed by atoms with Crippen molar-refractivity contribution in [3.63, 3.8) is 0 Å². The number of hydrogen-bond acceptors (Lipinski definition) is 6. The van der Waals surface area contributed by atoms with Crippen molar-refractivity contribution in [1.82, 2.24) is 10.2 Å². The number of nitrogens with one attached hydrogen (secondary N) is 2. The van der Waals surface area contributed by atoms with Gasteiger partial charge in [-0.25, -0.2) is 4.79 Å². The topological polar surface area (TPSA) is 94.1 Å². The first-order valence-electron chi connectivity index (χ1n) is 8.84. The Kier molecular flexibility index (Phi) is 6.81. The molecule has 4 N–H and O–H groups in total. The summed E-state index contributed by atoms with van der Waals surface area (Å²) in [7, 11) is 1.91. The maximum absolute atomic E-state index is 12.1. The Balaban J connectivity index is 1.61. The first kappa shape index (κ1) is 19.8. The molecule has 3 rings (SSSR count). The molecular weight excluding hydrogens is 366 g/mol. The molecule has 1 aromatic heterocycles. The third kappa shape index (κ3) is 5.06.